The Balaban J connectivity index is 4.58. The summed E-state index contributed by atoms with van der Waals surface area (Å²) in [6.45, 7) is 15.3. The maximum absolute atomic E-state index is 6.31. The van der Waals surface area contributed by atoms with Crippen LogP contribution in [0.3, 0.4) is 0 Å². The van der Waals surface area contributed by atoms with Gasteiger partial charge in [0.05, 0.1) is 23.9 Å². The minimum atomic E-state index is -0.184. The molecular weight excluding hydrogens is 264 g/mol. The van der Waals surface area contributed by atoms with Gasteiger partial charge in [0.25, 0.3) is 0 Å². The first-order chi connectivity index (χ1) is 9.56. The van der Waals surface area contributed by atoms with Crippen molar-refractivity contribution in [2.24, 2.45) is 11.5 Å². The third-order valence-corrected chi connectivity index (χ3v) is 4.15. The van der Waals surface area contributed by atoms with E-state index in [2.05, 4.69) is 34.6 Å². The highest BCUT2D eigenvalue weighted by molar-refractivity contribution is 4.82. The molecule has 0 bridgehead atoms. The molecule has 0 spiro atoms. The summed E-state index contributed by atoms with van der Waals surface area (Å²) < 4.78 is 12.3. The molecule has 0 aromatic heterocycles. The topological polar surface area (TPSA) is 70.5 Å². The molecule has 0 rings (SSSR count). The SMILES string of the molecule is CCC(C)(CC(C)OC(C)(CC)CC(C)N)OCC(C)N. The van der Waals surface area contributed by atoms with Crippen molar-refractivity contribution in [3.63, 3.8) is 0 Å². The summed E-state index contributed by atoms with van der Waals surface area (Å²) in [7, 11) is 0. The van der Waals surface area contributed by atoms with Gasteiger partial charge in [-0.3, -0.25) is 0 Å². The van der Waals surface area contributed by atoms with Crippen LogP contribution in [-0.2, 0) is 9.47 Å². The van der Waals surface area contributed by atoms with Crippen LogP contribution < -0.4 is 11.5 Å². The molecule has 4 heteroatoms. The Hall–Kier alpha value is -0.160. The predicted molar refractivity (Wildman–Crippen MR) is 90.4 cm³/mol. The first-order valence-corrected chi connectivity index (χ1v) is 8.38. The zero-order valence-corrected chi connectivity index (χ0v) is 15.2. The van der Waals surface area contributed by atoms with Crippen molar-refractivity contribution in [3.8, 4) is 0 Å². The van der Waals surface area contributed by atoms with Gasteiger partial charge in [-0.05, 0) is 53.9 Å². The quantitative estimate of drug-likeness (QED) is 0.615. The van der Waals surface area contributed by atoms with Gasteiger partial charge in [-0.15, -0.1) is 0 Å². The van der Waals surface area contributed by atoms with Crippen LogP contribution in [0.4, 0.5) is 0 Å². The Kier molecular flexibility index (Phi) is 9.02. The fourth-order valence-corrected chi connectivity index (χ4v) is 2.73. The van der Waals surface area contributed by atoms with Crippen LogP contribution in [-0.4, -0.2) is 36.0 Å². The first-order valence-electron chi connectivity index (χ1n) is 8.38. The van der Waals surface area contributed by atoms with Gasteiger partial charge in [0.2, 0.25) is 0 Å². The van der Waals surface area contributed by atoms with E-state index in [1.807, 2.05) is 13.8 Å². The van der Waals surface area contributed by atoms with E-state index < -0.39 is 0 Å². The van der Waals surface area contributed by atoms with Crippen LogP contribution in [0, 0.1) is 0 Å². The second kappa shape index (κ2) is 9.09. The van der Waals surface area contributed by atoms with Gasteiger partial charge in [-0.2, -0.15) is 0 Å². The highest BCUT2D eigenvalue weighted by Gasteiger charge is 2.31. The van der Waals surface area contributed by atoms with E-state index in [1.54, 1.807) is 0 Å². The van der Waals surface area contributed by atoms with Crippen LogP contribution in [0.1, 0.15) is 74.1 Å². The third kappa shape index (κ3) is 8.77. The summed E-state index contributed by atoms with van der Waals surface area (Å²) in [6.07, 6.45) is 3.78. The standard InChI is InChI=1S/C17H38N2O2/c1-8-16(6,20-12-14(4)19)11-15(5)21-17(7,9-2)10-13(3)18/h13-15H,8-12,18-19H2,1-7H3. The lowest BCUT2D eigenvalue weighted by atomic mass is 9.92. The third-order valence-electron chi connectivity index (χ3n) is 4.15. The lowest BCUT2D eigenvalue weighted by Gasteiger charge is -2.37. The largest absolute Gasteiger partial charge is 0.374 e. The van der Waals surface area contributed by atoms with Gasteiger partial charge in [0.1, 0.15) is 0 Å². The minimum Gasteiger partial charge on any atom is -0.374 e. The van der Waals surface area contributed by atoms with Crippen LogP contribution in [0.2, 0.25) is 0 Å². The molecule has 0 aliphatic carbocycles. The van der Waals surface area contributed by atoms with E-state index in [4.69, 9.17) is 20.9 Å². The molecule has 0 aliphatic rings. The summed E-state index contributed by atoms with van der Waals surface area (Å²) in [4.78, 5) is 0. The van der Waals surface area contributed by atoms with E-state index in [1.165, 1.54) is 0 Å². The molecule has 4 N–H and O–H groups in total. The fourth-order valence-electron chi connectivity index (χ4n) is 2.73. The highest BCUT2D eigenvalue weighted by Crippen LogP contribution is 2.29. The summed E-state index contributed by atoms with van der Waals surface area (Å²) in [5.74, 6) is 0. The second-order valence-corrected chi connectivity index (χ2v) is 7.21. The number of ether oxygens (including phenoxy) is 2. The molecule has 0 saturated carbocycles. The van der Waals surface area contributed by atoms with Crippen molar-refractivity contribution < 1.29 is 9.47 Å². The average molecular weight is 303 g/mol. The van der Waals surface area contributed by atoms with Crippen molar-refractivity contribution in [1.29, 1.82) is 0 Å². The molecule has 0 fully saturated rings. The zero-order chi connectivity index (χ0) is 16.7. The second-order valence-electron chi connectivity index (χ2n) is 7.21. The van der Waals surface area contributed by atoms with E-state index in [9.17, 15) is 0 Å². The van der Waals surface area contributed by atoms with Crippen molar-refractivity contribution >= 4 is 0 Å². The smallest absolute Gasteiger partial charge is 0.0677 e. The lowest BCUT2D eigenvalue weighted by molar-refractivity contribution is -0.127. The number of hydrogen-bond acceptors (Lipinski definition) is 4. The summed E-state index contributed by atoms with van der Waals surface area (Å²) in [6, 6.07) is 0.208. The van der Waals surface area contributed by atoms with Crippen LogP contribution in [0.25, 0.3) is 0 Å². The molecule has 0 amide bonds. The lowest BCUT2D eigenvalue weighted by Crippen LogP contribution is -2.41. The molecule has 0 radical (unpaired) electrons. The molecule has 21 heavy (non-hydrogen) atoms. The molecule has 0 aromatic carbocycles. The van der Waals surface area contributed by atoms with Gasteiger partial charge in [0, 0.05) is 18.5 Å². The first kappa shape index (κ1) is 20.8. The molecule has 5 atom stereocenters. The van der Waals surface area contributed by atoms with Gasteiger partial charge >= 0.3 is 0 Å². The van der Waals surface area contributed by atoms with Gasteiger partial charge < -0.3 is 20.9 Å². The molecule has 0 saturated heterocycles. The summed E-state index contributed by atoms with van der Waals surface area (Å²) >= 11 is 0. The maximum Gasteiger partial charge on any atom is 0.0677 e. The molecule has 0 heterocycles. The molecule has 4 nitrogen and oxygen atoms in total. The Morgan fingerprint density at radius 2 is 1.38 bits per heavy atom. The highest BCUT2D eigenvalue weighted by atomic mass is 16.5. The minimum absolute atomic E-state index is 0.0612. The van der Waals surface area contributed by atoms with E-state index >= 15 is 0 Å². The van der Waals surface area contributed by atoms with Crippen LogP contribution >= 0.6 is 0 Å². The number of rotatable bonds is 11. The monoisotopic (exact) mass is 302 g/mol. The normalized spacial score (nSPS) is 22.1. The van der Waals surface area contributed by atoms with Crippen LogP contribution in [0.5, 0.6) is 0 Å². The molecule has 0 aromatic rings. The number of nitrogens with two attached hydrogens (primary N) is 2. The van der Waals surface area contributed by atoms with Gasteiger partial charge in [0.15, 0.2) is 0 Å². The van der Waals surface area contributed by atoms with Crippen molar-refractivity contribution in [1.82, 2.24) is 0 Å². The predicted octanol–water partition coefficient (Wildman–Crippen LogP) is 3.22. The molecule has 0 aliphatic heterocycles. The molecule has 5 unspecified atom stereocenters. The molecule has 128 valence electrons. The summed E-state index contributed by atoms with van der Waals surface area (Å²) in [5.41, 5.74) is 11.4. The Morgan fingerprint density at radius 1 is 0.857 bits per heavy atom. The van der Waals surface area contributed by atoms with E-state index in [-0.39, 0.29) is 29.4 Å². The Bertz CT molecular complexity index is 284. The van der Waals surface area contributed by atoms with Gasteiger partial charge in [-0.1, -0.05) is 13.8 Å². The van der Waals surface area contributed by atoms with Crippen LogP contribution in [0.15, 0.2) is 0 Å². The fraction of sp³-hybridized carbons (Fsp3) is 1.00. The van der Waals surface area contributed by atoms with Gasteiger partial charge in [-0.25, -0.2) is 0 Å². The number of hydrogen-bond donors (Lipinski definition) is 2. The van der Waals surface area contributed by atoms with E-state index in [0.29, 0.717) is 6.61 Å². The molecular formula is C17H38N2O2. The summed E-state index contributed by atoms with van der Waals surface area (Å²) in [5, 5.41) is 0. The zero-order valence-electron chi connectivity index (χ0n) is 15.2. The average Bonchev–Trinajstić information content (AvgIpc) is 2.35. The maximum atomic E-state index is 6.31. The Morgan fingerprint density at radius 3 is 1.76 bits per heavy atom. The van der Waals surface area contributed by atoms with E-state index in [0.717, 1.165) is 25.7 Å². The van der Waals surface area contributed by atoms with Crippen molar-refractivity contribution in [2.75, 3.05) is 6.61 Å². The van der Waals surface area contributed by atoms with Crippen molar-refractivity contribution in [2.45, 2.75) is 104 Å². The van der Waals surface area contributed by atoms with Crippen molar-refractivity contribution in [3.05, 3.63) is 0 Å². The Labute approximate surface area is 131 Å².